The van der Waals surface area contributed by atoms with Gasteiger partial charge in [0.05, 0.1) is 11.6 Å². The molecular formula is C13H12N2O. The molecule has 0 aliphatic carbocycles. The number of nitriles is 1. The van der Waals surface area contributed by atoms with Gasteiger partial charge in [-0.3, -0.25) is 4.79 Å². The Kier molecular flexibility index (Phi) is 2.74. The smallest absolute Gasteiger partial charge is 0.225 e. The predicted octanol–water partition coefficient (Wildman–Crippen LogP) is 2.09. The summed E-state index contributed by atoms with van der Waals surface area (Å²) in [5.74, 6) is -0.120. The molecule has 3 heteroatoms. The first-order valence-corrected chi connectivity index (χ1v) is 5.18. The van der Waals surface area contributed by atoms with Gasteiger partial charge in [0.2, 0.25) is 5.91 Å². The number of hydrogen-bond donors (Lipinski definition) is 1. The minimum absolute atomic E-state index is 0.0228. The van der Waals surface area contributed by atoms with Gasteiger partial charge in [0.15, 0.2) is 0 Å². The van der Waals surface area contributed by atoms with Crippen LogP contribution in [0.5, 0.6) is 0 Å². The van der Waals surface area contributed by atoms with Gasteiger partial charge in [0.1, 0.15) is 0 Å². The van der Waals surface area contributed by atoms with E-state index in [9.17, 15) is 4.79 Å². The number of nitrogens with zero attached hydrogens (tertiary/aromatic N) is 1. The van der Waals surface area contributed by atoms with Crippen molar-refractivity contribution >= 4 is 5.91 Å². The van der Waals surface area contributed by atoms with E-state index < -0.39 is 0 Å². The zero-order valence-electron chi connectivity index (χ0n) is 9.03. The fourth-order valence-corrected chi connectivity index (χ4v) is 2.01. The third-order valence-corrected chi connectivity index (χ3v) is 2.79. The molecule has 80 valence electrons. The van der Waals surface area contributed by atoms with Crippen LogP contribution in [-0.2, 0) is 4.79 Å². The minimum Gasteiger partial charge on any atom is -0.329 e. The molecule has 1 aliphatic heterocycles. The van der Waals surface area contributed by atoms with Gasteiger partial charge in [-0.05, 0) is 12.5 Å². The van der Waals surface area contributed by atoms with E-state index in [1.165, 1.54) is 0 Å². The second-order valence-corrected chi connectivity index (χ2v) is 3.87. The average Bonchev–Trinajstić information content (AvgIpc) is 2.29. The Morgan fingerprint density at radius 3 is 2.69 bits per heavy atom. The summed E-state index contributed by atoms with van der Waals surface area (Å²) in [5, 5.41) is 11.8. The maximum atomic E-state index is 11.5. The predicted molar refractivity (Wildman–Crippen MR) is 60.3 cm³/mol. The number of carbonyl (C=O) groups is 1. The second kappa shape index (κ2) is 4.19. The number of amides is 1. The summed E-state index contributed by atoms with van der Waals surface area (Å²) >= 11 is 0. The van der Waals surface area contributed by atoms with Crippen molar-refractivity contribution in [2.45, 2.75) is 19.3 Å². The number of rotatable bonds is 1. The van der Waals surface area contributed by atoms with Crippen molar-refractivity contribution in [1.29, 1.82) is 5.26 Å². The molecule has 1 aromatic rings. The minimum atomic E-state index is -0.0973. The van der Waals surface area contributed by atoms with Crippen molar-refractivity contribution in [3.8, 4) is 6.07 Å². The van der Waals surface area contributed by atoms with Crippen LogP contribution in [0.2, 0.25) is 0 Å². The molecule has 0 bridgehead atoms. The number of allylic oxidation sites excluding steroid dienone is 2. The third-order valence-electron chi connectivity index (χ3n) is 2.79. The topological polar surface area (TPSA) is 52.9 Å². The molecule has 16 heavy (non-hydrogen) atoms. The molecule has 0 saturated carbocycles. The number of carbonyl (C=O) groups excluding carboxylic acids is 1. The summed E-state index contributed by atoms with van der Waals surface area (Å²) in [7, 11) is 0. The van der Waals surface area contributed by atoms with Crippen LogP contribution < -0.4 is 5.32 Å². The first kappa shape index (κ1) is 10.4. The number of benzene rings is 1. The van der Waals surface area contributed by atoms with Crippen LogP contribution in [0.25, 0.3) is 0 Å². The maximum Gasteiger partial charge on any atom is 0.225 e. The third kappa shape index (κ3) is 1.82. The molecule has 0 saturated heterocycles. The highest BCUT2D eigenvalue weighted by molar-refractivity contribution is 5.81. The van der Waals surface area contributed by atoms with Crippen molar-refractivity contribution in [1.82, 2.24) is 5.32 Å². The summed E-state index contributed by atoms with van der Waals surface area (Å²) in [5.41, 5.74) is 2.35. The molecule has 0 spiro atoms. The molecule has 0 radical (unpaired) electrons. The Labute approximate surface area is 94.4 Å². The highest BCUT2D eigenvalue weighted by atomic mass is 16.1. The first-order chi connectivity index (χ1) is 7.72. The maximum absolute atomic E-state index is 11.5. The van der Waals surface area contributed by atoms with Crippen molar-refractivity contribution < 1.29 is 4.79 Å². The molecule has 1 aromatic carbocycles. The Bertz CT molecular complexity index is 482. The van der Waals surface area contributed by atoms with Crippen molar-refractivity contribution in [2.75, 3.05) is 0 Å². The van der Waals surface area contributed by atoms with Crippen LogP contribution in [0.4, 0.5) is 0 Å². The van der Waals surface area contributed by atoms with Crippen LogP contribution in [0.3, 0.4) is 0 Å². The fourth-order valence-electron chi connectivity index (χ4n) is 2.01. The van der Waals surface area contributed by atoms with Crippen LogP contribution in [0.1, 0.15) is 24.8 Å². The van der Waals surface area contributed by atoms with Gasteiger partial charge in [-0.15, -0.1) is 0 Å². The van der Waals surface area contributed by atoms with Gasteiger partial charge in [-0.25, -0.2) is 0 Å². The largest absolute Gasteiger partial charge is 0.329 e. The van der Waals surface area contributed by atoms with Crippen LogP contribution in [-0.4, -0.2) is 5.91 Å². The molecule has 1 aliphatic rings. The molecule has 1 atom stereocenters. The van der Waals surface area contributed by atoms with E-state index in [2.05, 4.69) is 11.4 Å². The van der Waals surface area contributed by atoms with Gasteiger partial charge >= 0.3 is 0 Å². The lowest BCUT2D eigenvalue weighted by molar-refractivity contribution is -0.121. The summed E-state index contributed by atoms with van der Waals surface area (Å²) < 4.78 is 0. The lowest BCUT2D eigenvalue weighted by Crippen LogP contribution is -2.30. The standard InChI is InChI=1S/C13H12N2O/c1-9-12(8-14)11(7-13(16)15-9)10-5-3-2-4-6-10/h2-6,11H,7H2,1H3,(H,15,16). The summed E-state index contributed by atoms with van der Waals surface area (Å²) in [6.45, 7) is 1.77. The Balaban J connectivity index is 2.45. The summed E-state index contributed by atoms with van der Waals surface area (Å²) in [4.78, 5) is 11.5. The Hall–Kier alpha value is -2.08. The zero-order valence-corrected chi connectivity index (χ0v) is 9.03. The zero-order chi connectivity index (χ0) is 11.5. The lowest BCUT2D eigenvalue weighted by Gasteiger charge is -2.23. The molecule has 1 heterocycles. The van der Waals surface area contributed by atoms with E-state index in [0.717, 1.165) is 5.56 Å². The molecule has 1 N–H and O–H groups in total. The van der Waals surface area contributed by atoms with Crippen molar-refractivity contribution in [2.24, 2.45) is 0 Å². The van der Waals surface area contributed by atoms with E-state index in [-0.39, 0.29) is 11.8 Å². The van der Waals surface area contributed by atoms with Gasteiger partial charge in [-0.2, -0.15) is 5.26 Å². The second-order valence-electron chi connectivity index (χ2n) is 3.87. The van der Waals surface area contributed by atoms with Gasteiger partial charge in [0, 0.05) is 18.0 Å². The lowest BCUT2D eigenvalue weighted by atomic mass is 9.85. The Morgan fingerprint density at radius 1 is 1.38 bits per heavy atom. The fraction of sp³-hybridized carbons (Fsp3) is 0.231. The first-order valence-electron chi connectivity index (χ1n) is 5.18. The molecule has 0 aromatic heterocycles. The normalized spacial score (nSPS) is 20.2. The monoisotopic (exact) mass is 212 g/mol. The van der Waals surface area contributed by atoms with Crippen LogP contribution in [0.15, 0.2) is 41.6 Å². The van der Waals surface area contributed by atoms with E-state index in [0.29, 0.717) is 17.7 Å². The van der Waals surface area contributed by atoms with Crippen molar-refractivity contribution in [3.05, 3.63) is 47.2 Å². The van der Waals surface area contributed by atoms with E-state index >= 15 is 0 Å². The SMILES string of the molecule is CC1=C(C#N)C(c2ccccc2)CC(=O)N1. The summed E-state index contributed by atoms with van der Waals surface area (Å²) in [6.07, 6.45) is 0.351. The van der Waals surface area contributed by atoms with Crippen molar-refractivity contribution in [3.63, 3.8) is 0 Å². The Morgan fingerprint density at radius 2 is 2.06 bits per heavy atom. The highest BCUT2D eigenvalue weighted by Gasteiger charge is 2.26. The van der Waals surface area contributed by atoms with Gasteiger partial charge < -0.3 is 5.32 Å². The van der Waals surface area contributed by atoms with Gasteiger partial charge in [0.25, 0.3) is 0 Å². The molecule has 1 amide bonds. The number of nitrogens with one attached hydrogen (secondary N) is 1. The molecule has 0 fully saturated rings. The number of hydrogen-bond acceptors (Lipinski definition) is 2. The molecule has 1 unspecified atom stereocenters. The highest BCUT2D eigenvalue weighted by Crippen LogP contribution is 2.31. The molecule has 3 nitrogen and oxygen atoms in total. The average molecular weight is 212 g/mol. The van der Waals surface area contributed by atoms with Gasteiger partial charge in [-0.1, -0.05) is 30.3 Å². The van der Waals surface area contributed by atoms with Crippen LogP contribution in [0, 0.1) is 11.3 Å². The molecule has 2 rings (SSSR count). The van der Waals surface area contributed by atoms with Crippen LogP contribution >= 0.6 is 0 Å². The van der Waals surface area contributed by atoms with E-state index in [4.69, 9.17) is 5.26 Å². The molecular weight excluding hydrogens is 200 g/mol. The summed E-state index contributed by atoms with van der Waals surface area (Å²) in [6, 6.07) is 11.9. The van der Waals surface area contributed by atoms with E-state index in [1.54, 1.807) is 6.92 Å². The quantitative estimate of drug-likeness (QED) is 0.774. The van der Waals surface area contributed by atoms with E-state index in [1.807, 2.05) is 30.3 Å².